The minimum Gasteiger partial charge on any atom is -0.450 e. The number of para-hydroxylation sites is 1. The third-order valence-corrected chi connectivity index (χ3v) is 5.11. The first-order valence-electron chi connectivity index (χ1n) is 9.38. The molecular weight excluding hydrogens is 340 g/mol. The van der Waals surface area contributed by atoms with Crippen LogP contribution in [0.2, 0.25) is 0 Å². The van der Waals surface area contributed by atoms with E-state index >= 15 is 0 Å². The summed E-state index contributed by atoms with van der Waals surface area (Å²) in [6.07, 6.45) is 4.40. The van der Waals surface area contributed by atoms with Crippen LogP contribution in [0.3, 0.4) is 0 Å². The van der Waals surface area contributed by atoms with Crippen LogP contribution in [0, 0.1) is 0 Å². The molecule has 0 radical (unpaired) electrons. The van der Waals surface area contributed by atoms with E-state index in [9.17, 15) is 0 Å². The van der Waals surface area contributed by atoms with Crippen molar-refractivity contribution >= 4 is 33.8 Å². The van der Waals surface area contributed by atoms with Crippen LogP contribution < -0.4 is 9.80 Å². The summed E-state index contributed by atoms with van der Waals surface area (Å²) in [5, 5.41) is 1.05. The predicted molar refractivity (Wildman–Crippen MR) is 103 cm³/mol. The fourth-order valence-corrected chi connectivity index (χ4v) is 3.69. The normalized spacial score (nSPS) is 15.7. The minimum atomic E-state index is 0.785. The molecule has 0 spiro atoms. The molecule has 7 nitrogen and oxygen atoms in total. The van der Waals surface area contributed by atoms with Crippen LogP contribution in [-0.4, -0.2) is 46.1 Å². The number of benzene rings is 1. The van der Waals surface area contributed by atoms with Crippen LogP contribution in [0.15, 0.2) is 47.1 Å². The van der Waals surface area contributed by atoms with Gasteiger partial charge in [-0.2, -0.15) is 9.97 Å². The molecule has 136 valence electrons. The number of aryl methyl sites for hydroxylation is 1. The highest BCUT2D eigenvalue weighted by molar-refractivity contribution is 6.05. The van der Waals surface area contributed by atoms with Gasteiger partial charge in [-0.25, -0.2) is 9.97 Å². The van der Waals surface area contributed by atoms with Crippen molar-refractivity contribution < 1.29 is 9.32 Å². The zero-order valence-electron chi connectivity index (χ0n) is 15.2. The summed E-state index contributed by atoms with van der Waals surface area (Å²) >= 11 is 0. The van der Waals surface area contributed by atoms with E-state index < -0.39 is 0 Å². The summed E-state index contributed by atoms with van der Waals surface area (Å²) in [5.41, 5.74) is 2.56. The van der Waals surface area contributed by atoms with E-state index in [1.165, 1.54) is 4.90 Å². The minimum absolute atomic E-state index is 0.785. The lowest BCUT2D eigenvalue weighted by molar-refractivity contribution is -0.838. The molecule has 7 heteroatoms. The number of hydrogen-bond donors (Lipinski definition) is 1. The van der Waals surface area contributed by atoms with E-state index in [0.29, 0.717) is 0 Å². The van der Waals surface area contributed by atoms with Crippen molar-refractivity contribution in [1.82, 2.24) is 19.9 Å². The van der Waals surface area contributed by atoms with Gasteiger partial charge in [-0.15, -0.1) is 0 Å². The number of piperazine rings is 1. The van der Waals surface area contributed by atoms with Crippen LogP contribution in [0.25, 0.3) is 22.1 Å². The number of hydrogen-bond acceptors (Lipinski definition) is 6. The molecule has 0 saturated carbocycles. The van der Waals surface area contributed by atoms with Gasteiger partial charge in [0.2, 0.25) is 0 Å². The lowest BCUT2D eigenvalue weighted by Crippen LogP contribution is -3.11. The monoisotopic (exact) mass is 361 g/mol. The Bertz CT molecular complexity index is 1090. The Kier molecular flexibility index (Phi) is 3.94. The second-order valence-electron chi connectivity index (χ2n) is 6.76. The predicted octanol–water partition coefficient (Wildman–Crippen LogP) is 1.76. The Hall–Kier alpha value is -3.06. The Morgan fingerprint density at radius 1 is 1.04 bits per heavy atom. The molecule has 0 unspecified atom stereocenters. The lowest BCUT2D eigenvalue weighted by Gasteiger charge is -2.31. The van der Waals surface area contributed by atoms with Gasteiger partial charge < -0.3 is 9.32 Å². The molecule has 1 fully saturated rings. The molecule has 1 N–H and O–H groups in total. The molecule has 3 aromatic heterocycles. The molecule has 1 aromatic carbocycles. The first-order chi connectivity index (χ1) is 13.3. The smallest absolute Gasteiger partial charge is 0.327 e. The van der Waals surface area contributed by atoms with E-state index in [1.807, 2.05) is 24.3 Å². The second kappa shape index (κ2) is 6.59. The van der Waals surface area contributed by atoms with E-state index in [-0.39, 0.29) is 0 Å². The Labute approximate surface area is 156 Å². The summed E-state index contributed by atoms with van der Waals surface area (Å²) < 4.78 is 6.15. The molecule has 27 heavy (non-hydrogen) atoms. The zero-order chi connectivity index (χ0) is 18.2. The number of fused-ring (bicyclic) bond motifs is 3. The van der Waals surface area contributed by atoms with Crippen LogP contribution in [0.5, 0.6) is 0 Å². The highest BCUT2D eigenvalue weighted by atomic mass is 16.3. The highest BCUT2D eigenvalue weighted by Crippen LogP contribution is 2.33. The Balaban J connectivity index is 1.51. The fourth-order valence-electron chi connectivity index (χ4n) is 3.69. The number of quaternary nitrogens is 1. The fraction of sp³-hybridized carbons (Fsp3) is 0.300. The van der Waals surface area contributed by atoms with Gasteiger partial charge in [0, 0.05) is 24.2 Å². The largest absolute Gasteiger partial charge is 0.450 e. The molecule has 1 saturated heterocycles. The number of aromatic nitrogens is 4. The van der Waals surface area contributed by atoms with Gasteiger partial charge >= 0.3 is 5.95 Å². The van der Waals surface area contributed by atoms with Gasteiger partial charge in [-0.05, 0) is 18.2 Å². The number of nitrogens with zero attached hydrogens (tertiary/aromatic N) is 5. The molecule has 4 heterocycles. The van der Waals surface area contributed by atoms with Crippen molar-refractivity contribution in [2.45, 2.75) is 13.3 Å². The van der Waals surface area contributed by atoms with E-state index in [2.05, 4.69) is 27.9 Å². The molecule has 0 amide bonds. The Morgan fingerprint density at radius 3 is 2.59 bits per heavy atom. The van der Waals surface area contributed by atoms with E-state index in [0.717, 1.165) is 72.3 Å². The summed E-state index contributed by atoms with van der Waals surface area (Å²) in [7, 11) is 0. The number of nitrogens with one attached hydrogen (secondary N) is 1. The van der Waals surface area contributed by atoms with Gasteiger partial charge in [0.15, 0.2) is 11.4 Å². The van der Waals surface area contributed by atoms with Crippen LogP contribution in [-0.2, 0) is 6.42 Å². The lowest BCUT2D eigenvalue weighted by atomic mass is 10.2. The maximum atomic E-state index is 6.15. The van der Waals surface area contributed by atoms with E-state index in [1.54, 1.807) is 12.4 Å². The average molecular weight is 361 g/mol. The molecule has 0 aliphatic carbocycles. The van der Waals surface area contributed by atoms with Gasteiger partial charge in [0.25, 0.3) is 0 Å². The molecule has 1 aliphatic heterocycles. The molecule has 4 aromatic rings. The summed E-state index contributed by atoms with van der Waals surface area (Å²) in [6.45, 7) is 5.69. The summed E-state index contributed by atoms with van der Waals surface area (Å²) in [6, 6.07) is 9.91. The van der Waals surface area contributed by atoms with Crippen LogP contribution in [0.1, 0.15) is 12.7 Å². The standard InChI is InChI=1S/C20H20N6O/c1-2-16-23-17-14-6-3-4-7-15(14)27-18(17)19(24-16)25-10-12-26(13-11-25)20-21-8-5-9-22-20/h3-9H,2,10-13H2,1H3/p+1. The first-order valence-corrected chi connectivity index (χ1v) is 9.38. The van der Waals surface area contributed by atoms with Gasteiger partial charge in [0.1, 0.15) is 30.0 Å². The van der Waals surface area contributed by atoms with Crippen molar-refractivity contribution in [3.63, 3.8) is 0 Å². The average Bonchev–Trinajstić information content (AvgIpc) is 3.12. The zero-order valence-corrected chi connectivity index (χ0v) is 15.2. The molecule has 1 aliphatic rings. The number of furan rings is 1. The molecule has 5 rings (SSSR count). The van der Waals surface area contributed by atoms with Crippen LogP contribution >= 0.6 is 0 Å². The topological polar surface area (TPSA) is 72.4 Å². The van der Waals surface area contributed by atoms with Crippen molar-refractivity contribution in [2.75, 3.05) is 31.1 Å². The van der Waals surface area contributed by atoms with Gasteiger partial charge in [0.05, 0.1) is 13.1 Å². The molecule has 0 atom stereocenters. The van der Waals surface area contributed by atoms with Crippen molar-refractivity contribution in [2.24, 2.45) is 0 Å². The second-order valence-corrected chi connectivity index (χ2v) is 6.76. The number of rotatable bonds is 3. The summed E-state index contributed by atoms with van der Waals surface area (Å²) in [5.74, 6) is 2.62. The maximum absolute atomic E-state index is 6.15. The molecule has 0 bridgehead atoms. The van der Waals surface area contributed by atoms with Crippen molar-refractivity contribution in [3.8, 4) is 0 Å². The summed E-state index contributed by atoms with van der Waals surface area (Å²) in [4.78, 5) is 22.0. The maximum Gasteiger partial charge on any atom is 0.327 e. The van der Waals surface area contributed by atoms with Crippen molar-refractivity contribution in [1.29, 1.82) is 0 Å². The quantitative estimate of drug-likeness (QED) is 0.600. The highest BCUT2D eigenvalue weighted by Gasteiger charge is 2.27. The Morgan fingerprint density at radius 2 is 1.81 bits per heavy atom. The van der Waals surface area contributed by atoms with Gasteiger partial charge in [-0.1, -0.05) is 19.1 Å². The van der Waals surface area contributed by atoms with Crippen LogP contribution in [0.4, 0.5) is 11.8 Å². The third kappa shape index (κ3) is 2.80. The van der Waals surface area contributed by atoms with Crippen molar-refractivity contribution in [3.05, 3.63) is 48.5 Å². The van der Waals surface area contributed by atoms with E-state index in [4.69, 9.17) is 14.4 Å². The third-order valence-electron chi connectivity index (χ3n) is 5.11. The number of anilines is 1. The SMILES string of the molecule is CCc1nc(N2CC[NH+](c3ncccn3)CC2)c2oc3ccccc3c2n1. The molecular formula is C20H21N6O+. The first kappa shape index (κ1) is 16.1. The van der Waals surface area contributed by atoms with Gasteiger partial charge in [-0.3, -0.25) is 4.90 Å².